The second-order valence-electron chi connectivity index (χ2n) is 13.7. The maximum Gasteiger partial charge on any atom is 0.222 e. The number of hydrogen-bond acceptors (Lipinski definition) is 5. The lowest BCUT2D eigenvalue weighted by Gasteiger charge is -2.48. The Hall–Kier alpha value is -1.51. The Morgan fingerprint density at radius 2 is 1.73 bits per heavy atom. The number of rotatable bonds is 16. The van der Waals surface area contributed by atoms with Gasteiger partial charge in [-0.05, 0) is 67.6 Å². The molecule has 2 aliphatic rings. The Labute approximate surface area is 251 Å². The molecule has 1 aromatic carbocycles. The minimum atomic E-state index is -2.03. The first-order valence-corrected chi connectivity index (χ1v) is 18.0. The first-order chi connectivity index (χ1) is 19.4. The van der Waals surface area contributed by atoms with E-state index < -0.39 is 14.1 Å². The topological polar surface area (TPSA) is 66.0 Å². The Balaban J connectivity index is 1.68. The highest BCUT2D eigenvalue weighted by molar-refractivity contribution is 6.77. The molecule has 41 heavy (non-hydrogen) atoms. The molecule has 3 rings (SSSR count). The molecule has 1 aliphatic heterocycles. The van der Waals surface area contributed by atoms with Gasteiger partial charge in [0.15, 0.2) is 14.1 Å². The van der Waals surface area contributed by atoms with E-state index in [9.17, 15) is 4.79 Å². The minimum Gasteiger partial charge on any atom is -0.415 e. The van der Waals surface area contributed by atoms with Gasteiger partial charge in [0.05, 0.1) is 32.3 Å². The molecule has 0 saturated carbocycles. The fourth-order valence-corrected chi connectivity index (χ4v) is 12.8. The van der Waals surface area contributed by atoms with Gasteiger partial charge in [-0.3, -0.25) is 4.79 Å². The van der Waals surface area contributed by atoms with Crippen molar-refractivity contribution >= 4 is 14.2 Å². The third-order valence-corrected chi connectivity index (χ3v) is 15.4. The zero-order valence-electron chi connectivity index (χ0n) is 27.0. The first kappa shape index (κ1) is 34.0. The van der Waals surface area contributed by atoms with Crippen molar-refractivity contribution in [1.82, 2.24) is 5.32 Å². The molecule has 0 radical (unpaired) electrons. The van der Waals surface area contributed by atoms with E-state index in [2.05, 4.69) is 83.3 Å². The second kappa shape index (κ2) is 15.3. The SMILES string of the molecule is CC(C)[Si](OC[C@]1(CCCNC(=O)C[C@H]2COC(C)(C)O2)CC=CC[C@@H]1COCc1ccccc1)(C(C)C)C(C)C. The number of benzene rings is 1. The third-order valence-electron chi connectivity index (χ3n) is 9.38. The van der Waals surface area contributed by atoms with E-state index in [1.54, 1.807) is 0 Å². The van der Waals surface area contributed by atoms with Crippen LogP contribution in [0.15, 0.2) is 42.5 Å². The summed E-state index contributed by atoms with van der Waals surface area (Å²) >= 11 is 0. The largest absolute Gasteiger partial charge is 0.415 e. The Kier molecular flexibility index (Phi) is 12.7. The van der Waals surface area contributed by atoms with Crippen molar-refractivity contribution in [2.24, 2.45) is 11.3 Å². The molecule has 1 N–H and O–H groups in total. The monoisotopic (exact) mass is 587 g/mol. The summed E-state index contributed by atoms with van der Waals surface area (Å²) in [6.07, 6.45) is 8.71. The molecule has 1 amide bonds. The van der Waals surface area contributed by atoms with Crippen LogP contribution in [-0.2, 0) is 30.0 Å². The number of ether oxygens (including phenoxy) is 3. The lowest BCUT2D eigenvalue weighted by molar-refractivity contribution is -0.143. The Morgan fingerprint density at radius 1 is 1.05 bits per heavy atom. The molecular weight excluding hydrogens is 530 g/mol. The van der Waals surface area contributed by atoms with Crippen LogP contribution in [0.4, 0.5) is 0 Å². The Bertz CT molecular complexity index is 941. The van der Waals surface area contributed by atoms with Crippen LogP contribution in [0.25, 0.3) is 0 Å². The number of amides is 1. The fraction of sp³-hybridized carbons (Fsp3) is 0.735. The van der Waals surface area contributed by atoms with Crippen molar-refractivity contribution in [2.75, 3.05) is 26.4 Å². The third kappa shape index (κ3) is 9.23. The summed E-state index contributed by atoms with van der Waals surface area (Å²) < 4.78 is 25.1. The highest BCUT2D eigenvalue weighted by Gasteiger charge is 2.48. The molecule has 0 unspecified atom stereocenters. The fourth-order valence-electron chi connectivity index (χ4n) is 7.27. The normalized spacial score (nSPS) is 24.5. The van der Waals surface area contributed by atoms with Crippen LogP contribution in [0.5, 0.6) is 0 Å². The van der Waals surface area contributed by atoms with Crippen LogP contribution in [0.3, 0.4) is 0 Å². The zero-order chi connectivity index (χ0) is 30.1. The summed E-state index contributed by atoms with van der Waals surface area (Å²) in [6.45, 7) is 21.1. The summed E-state index contributed by atoms with van der Waals surface area (Å²) in [5, 5.41) is 3.14. The predicted molar refractivity (Wildman–Crippen MR) is 169 cm³/mol. The van der Waals surface area contributed by atoms with Gasteiger partial charge >= 0.3 is 0 Å². The highest BCUT2D eigenvalue weighted by atomic mass is 28.4. The van der Waals surface area contributed by atoms with Crippen molar-refractivity contribution < 1.29 is 23.4 Å². The summed E-state index contributed by atoms with van der Waals surface area (Å²) in [5.41, 5.74) is 2.81. The van der Waals surface area contributed by atoms with Gasteiger partial charge in [0, 0.05) is 18.6 Å². The van der Waals surface area contributed by atoms with E-state index in [0.29, 0.717) is 55.3 Å². The maximum absolute atomic E-state index is 12.7. The number of carbonyl (C=O) groups excluding carboxylic acids is 1. The van der Waals surface area contributed by atoms with Crippen molar-refractivity contribution in [3.8, 4) is 0 Å². The minimum absolute atomic E-state index is 0.0144. The second-order valence-corrected chi connectivity index (χ2v) is 19.1. The predicted octanol–water partition coefficient (Wildman–Crippen LogP) is 7.79. The number of hydrogen-bond donors (Lipinski definition) is 1. The molecule has 3 atom stereocenters. The lowest BCUT2D eigenvalue weighted by Crippen LogP contribution is -2.51. The Morgan fingerprint density at radius 3 is 2.34 bits per heavy atom. The summed E-state index contributed by atoms with van der Waals surface area (Å²) in [5.74, 6) is -0.209. The molecule has 1 aromatic rings. The van der Waals surface area contributed by atoms with Crippen LogP contribution < -0.4 is 5.32 Å². The van der Waals surface area contributed by atoms with Gasteiger partial charge in [-0.15, -0.1) is 0 Å². The molecule has 0 spiro atoms. The zero-order valence-corrected chi connectivity index (χ0v) is 28.0. The van der Waals surface area contributed by atoms with Gasteiger partial charge in [-0.1, -0.05) is 84.0 Å². The molecule has 1 fully saturated rings. The van der Waals surface area contributed by atoms with Gasteiger partial charge in [0.1, 0.15) is 0 Å². The van der Waals surface area contributed by atoms with E-state index in [1.165, 1.54) is 5.56 Å². The van der Waals surface area contributed by atoms with Gasteiger partial charge < -0.3 is 24.0 Å². The summed E-state index contributed by atoms with van der Waals surface area (Å²) in [4.78, 5) is 12.7. The standard InChI is InChI=1S/C34H57NO5Si/c1-26(2)41(27(3)4,28(5)6)39-25-34(19-14-20-35-32(36)21-31-24-38-33(7,8)40-31)18-13-12-17-30(34)23-37-22-29-15-10-9-11-16-29/h9-13,15-16,26-28,30-31H,14,17-25H2,1-8H3,(H,35,36)/t30-,31+,34-/m1/s1. The van der Waals surface area contributed by atoms with Gasteiger partial charge in [-0.25, -0.2) is 0 Å². The van der Waals surface area contributed by atoms with Crippen molar-refractivity contribution in [3.05, 3.63) is 48.0 Å². The number of allylic oxidation sites excluding steroid dienone is 2. The van der Waals surface area contributed by atoms with Crippen molar-refractivity contribution in [1.29, 1.82) is 0 Å². The van der Waals surface area contributed by atoms with Crippen LogP contribution in [0, 0.1) is 11.3 Å². The molecule has 6 nitrogen and oxygen atoms in total. The molecule has 7 heteroatoms. The maximum atomic E-state index is 12.7. The molecular formula is C34H57NO5Si. The van der Waals surface area contributed by atoms with E-state index in [-0.39, 0.29) is 17.4 Å². The van der Waals surface area contributed by atoms with Crippen LogP contribution in [0.1, 0.15) is 93.1 Å². The average molecular weight is 588 g/mol. The molecule has 1 heterocycles. The van der Waals surface area contributed by atoms with E-state index >= 15 is 0 Å². The van der Waals surface area contributed by atoms with Crippen LogP contribution in [0.2, 0.25) is 16.6 Å². The number of carbonyl (C=O) groups is 1. The molecule has 232 valence electrons. The van der Waals surface area contributed by atoms with E-state index in [0.717, 1.165) is 32.3 Å². The lowest BCUT2D eigenvalue weighted by atomic mass is 9.67. The quantitative estimate of drug-likeness (QED) is 0.122. The molecule has 0 aromatic heterocycles. The van der Waals surface area contributed by atoms with Crippen LogP contribution >= 0.6 is 0 Å². The van der Waals surface area contributed by atoms with Gasteiger partial charge in [0.2, 0.25) is 5.91 Å². The van der Waals surface area contributed by atoms with E-state index in [4.69, 9.17) is 18.6 Å². The molecule has 0 bridgehead atoms. The number of nitrogens with one attached hydrogen (secondary N) is 1. The van der Waals surface area contributed by atoms with Crippen molar-refractivity contribution in [3.63, 3.8) is 0 Å². The van der Waals surface area contributed by atoms with Crippen molar-refractivity contribution in [2.45, 2.75) is 123 Å². The summed E-state index contributed by atoms with van der Waals surface area (Å²) in [7, 11) is -2.03. The molecule has 1 aliphatic carbocycles. The average Bonchev–Trinajstić information content (AvgIpc) is 3.25. The highest BCUT2D eigenvalue weighted by Crippen LogP contribution is 2.48. The van der Waals surface area contributed by atoms with Gasteiger partial charge in [-0.2, -0.15) is 0 Å². The first-order valence-electron chi connectivity index (χ1n) is 15.9. The van der Waals surface area contributed by atoms with Gasteiger partial charge in [0.25, 0.3) is 0 Å². The smallest absolute Gasteiger partial charge is 0.222 e. The molecule has 1 saturated heterocycles. The van der Waals surface area contributed by atoms with Crippen LogP contribution in [-0.4, -0.2) is 52.5 Å². The summed E-state index contributed by atoms with van der Waals surface area (Å²) in [6, 6.07) is 10.4. The van der Waals surface area contributed by atoms with E-state index in [1.807, 2.05) is 19.9 Å².